The van der Waals surface area contributed by atoms with Gasteiger partial charge in [-0.3, -0.25) is 0 Å². The number of urea groups is 1. The average molecular weight is 250 g/mol. The van der Waals surface area contributed by atoms with Crippen LogP contribution in [-0.4, -0.2) is 24.0 Å². The smallest absolute Gasteiger partial charge is 0.317 e. The average Bonchev–Trinajstić information content (AvgIpc) is 2.76. The Morgan fingerprint density at radius 2 is 2.11 bits per heavy atom. The van der Waals surface area contributed by atoms with Gasteiger partial charge in [-0.05, 0) is 31.9 Å². The normalized spacial score (nSPS) is 16.6. The van der Waals surface area contributed by atoms with Gasteiger partial charge in [0.05, 0.1) is 6.54 Å². The minimum Gasteiger partial charge on any atom is -0.464 e. The Labute approximate surface area is 108 Å². The predicted molar refractivity (Wildman–Crippen MR) is 70.3 cm³/mol. The van der Waals surface area contributed by atoms with Gasteiger partial charge in [0.2, 0.25) is 0 Å². The van der Waals surface area contributed by atoms with Gasteiger partial charge in [0.15, 0.2) is 0 Å². The fraction of sp³-hybridized carbons (Fsp3) is 0.643. The number of hydrogen-bond donors (Lipinski definition) is 1. The van der Waals surface area contributed by atoms with E-state index < -0.39 is 0 Å². The van der Waals surface area contributed by atoms with E-state index >= 15 is 0 Å². The molecule has 2 rings (SSSR count). The second-order valence-electron chi connectivity index (χ2n) is 5.15. The Kier molecular flexibility index (Phi) is 4.28. The lowest BCUT2D eigenvalue weighted by molar-refractivity contribution is 0.195. The number of nitrogens with zero attached hydrogens (tertiary/aromatic N) is 1. The molecule has 0 aromatic carbocycles. The molecule has 0 atom stereocenters. The third kappa shape index (κ3) is 3.52. The highest BCUT2D eigenvalue weighted by molar-refractivity contribution is 5.74. The predicted octanol–water partition coefficient (Wildman–Crippen LogP) is 3.06. The number of hydrogen-bond acceptors (Lipinski definition) is 2. The quantitative estimate of drug-likeness (QED) is 0.896. The van der Waals surface area contributed by atoms with Gasteiger partial charge in [-0.15, -0.1) is 0 Å². The first-order valence-corrected chi connectivity index (χ1v) is 6.72. The molecule has 18 heavy (non-hydrogen) atoms. The highest BCUT2D eigenvalue weighted by Crippen LogP contribution is 2.17. The van der Waals surface area contributed by atoms with E-state index in [4.69, 9.17) is 4.42 Å². The van der Waals surface area contributed by atoms with Gasteiger partial charge in [0, 0.05) is 13.1 Å². The van der Waals surface area contributed by atoms with Crippen molar-refractivity contribution in [2.75, 3.05) is 7.05 Å². The summed E-state index contributed by atoms with van der Waals surface area (Å²) in [7, 11) is 1.80. The molecule has 0 bridgehead atoms. The van der Waals surface area contributed by atoms with E-state index in [9.17, 15) is 4.79 Å². The van der Waals surface area contributed by atoms with Crippen molar-refractivity contribution in [2.45, 2.75) is 51.6 Å². The molecule has 4 heteroatoms. The fourth-order valence-electron chi connectivity index (χ4n) is 2.41. The van der Waals surface area contributed by atoms with E-state index in [2.05, 4.69) is 5.32 Å². The Bertz CT molecular complexity index is 394. The third-order valence-corrected chi connectivity index (χ3v) is 3.47. The van der Waals surface area contributed by atoms with Crippen LogP contribution in [0.2, 0.25) is 0 Å². The van der Waals surface area contributed by atoms with Crippen molar-refractivity contribution in [3.05, 3.63) is 23.7 Å². The fourth-order valence-corrected chi connectivity index (χ4v) is 2.41. The number of carbonyl (C=O) groups is 1. The van der Waals surface area contributed by atoms with E-state index in [1.807, 2.05) is 19.1 Å². The molecule has 0 spiro atoms. The van der Waals surface area contributed by atoms with Gasteiger partial charge in [0.1, 0.15) is 11.5 Å². The summed E-state index contributed by atoms with van der Waals surface area (Å²) >= 11 is 0. The number of furan rings is 1. The minimum atomic E-state index is -0.00375. The second kappa shape index (κ2) is 5.94. The van der Waals surface area contributed by atoms with Crippen LogP contribution in [0.5, 0.6) is 0 Å². The van der Waals surface area contributed by atoms with Crippen molar-refractivity contribution >= 4 is 6.03 Å². The zero-order chi connectivity index (χ0) is 13.0. The number of amides is 2. The van der Waals surface area contributed by atoms with Crippen LogP contribution < -0.4 is 5.32 Å². The molecule has 0 aliphatic heterocycles. The van der Waals surface area contributed by atoms with Crippen LogP contribution >= 0.6 is 0 Å². The molecule has 2 amide bonds. The summed E-state index contributed by atoms with van der Waals surface area (Å²) in [4.78, 5) is 13.7. The van der Waals surface area contributed by atoms with E-state index in [0.29, 0.717) is 12.6 Å². The largest absolute Gasteiger partial charge is 0.464 e. The van der Waals surface area contributed by atoms with Gasteiger partial charge in [-0.25, -0.2) is 4.79 Å². The molecule has 0 saturated heterocycles. The highest BCUT2D eigenvalue weighted by Gasteiger charge is 2.18. The van der Waals surface area contributed by atoms with Crippen LogP contribution in [-0.2, 0) is 6.54 Å². The molecule has 0 unspecified atom stereocenters. The second-order valence-corrected chi connectivity index (χ2v) is 5.15. The molecule has 100 valence electrons. The van der Waals surface area contributed by atoms with E-state index in [-0.39, 0.29) is 6.03 Å². The van der Waals surface area contributed by atoms with Crippen molar-refractivity contribution in [3.8, 4) is 0 Å². The third-order valence-electron chi connectivity index (χ3n) is 3.47. The lowest BCUT2D eigenvalue weighted by Gasteiger charge is -2.25. The van der Waals surface area contributed by atoms with Crippen LogP contribution in [0, 0.1) is 6.92 Å². The number of aryl methyl sites for hydroxylation is 1. The van der Waals surface area contributed by atoms with Crippen LogP contribution in [0.25, 0.3) is 0 Å². The summed E-state index contributed by atoms with van der Waals surface area (Å²) in [6, 6.07) is 4.19. The maximum absolute atomic E-state index is 12.0. The Hall–Kier alpha value is -1.45. The van der Waals surface area contributed by atoms with Gasteiger partial charge >= 0.3 is 6.03 Å². The Balaban J connectivity index is 1.80. The molecular weight excluding hydrogens is 228 g/mol. The Morgan fingerprint density at radius 3 is 2.72 bits per heavy atom. The molecule has 1 N–H and O–H groups in total. The van der Waals surface area contributed by atoms with E-state index in [1.54, 1.807) is 11.9 Å². The summed E-state index contributed by atoms with van der Waals surface area (Å²) in [6.07, 6.45) is 5.98. The lowest BCUT2D eigenvalue weighted by Crippen LogP contribution is -2.43. The minimum absolute atomic E-state index is 0.00375. The zero-order valence-corrected chi connectivity index (χ0v) is 11.2. The first-order chi connectivity index (χ1) is 8.65. The molecule has 1 heterocycles. The van der Waals surface area contributed by atoms with E-state index in [1.165, 1.54) is 19.3 Å². The molecule has 1 aromatic rings. The molecular formula is C14H22N2O2. The topological polar surface area (TPSA) is 45.5 Å². The maximum atomic E-state index is 12.0. The van der Waals surface area contributed by atoms with Crippen LogP contribution in [0.15, 0.2) is 16.5 Å². The monoisotopic (exact) mass is 250 g/mol. The number of nitrogens with one attached hydrogen (secondary N) is 1. The molecule has 1 fully saturated rings. The summed E-state index contributed by atoms with van der Waals surface area (Å²) in [5, 5.41) is 3.09. The highest BCUT2D eigenvalue weighted by atomic mass is 16.3. The standard InChI is InChI=1S/C14H22N2O2/c1-11-8-9-13(18-11)10-16(2)14(17)15-12-6-4-3-5-7-12/h8-9,12H,3-7,10H2,1-2H3,(H,15,17). The lowest BCUT2D eigenvalue weighted by atomic mass is 9.96. The molecule has 1 aromatic heterocycles. The van der Waals surface area contributed by atoms with Crippen molar-refractivity contribution in [3.63, 3.8) is 0 Å². The van der Waals surface area contributed by atoms with Gasteiger partial charge < -0.3 is 14.6 Å². The van der Waals surface area contributed by atoms with Crippen molar-refractivity contribution in [1.29, 1.82) is 0 Å². The van der Waals surface area contributed by atoms with Gasteiger partial charge in [-0.1, -0.05) is 19.3 Å². The van der Waals surface area contributed by atoms with Crippen LogP contribution in [0.3, 0.4) is 0 Å². The summed E-state index contributed by atoms with van der Waals surface area (Å²) in [5.74, 6) is 1.71. The summed E-state index contributed by atoms with van der Waals surface area (Å²) in [5.41, 5.74) is 0. The molecule has 0 radical (unpaired) electrons. The van der Waals surface area contributed by atoms with Crippen LogP contribution in [0.4, 0.5) is 4.79 Å². The maximum Gasteiger partial charge on any atom is 0.317 e. The van der Waals surface area contributed by atoms with Gasteiger partial charge in [-0.2, -0.15) is 0 Å². The molecule has 1 saturated carbocycles. The van der Waals surface area contributed by atoms with Crippen LogP contribution in [0.1, 0.15) is 43.6 Å². The molecule has 1 aliphatic carbocycles. The molecule has 4 nitrogen and oxygen atoms in total. The first-order valence-electron chi connectivity index (χ1n) is 6.72. The molecule has 1 aliphatic rings. The Morgan fingerprint density at radius 1 is 1.39 bits per heavy atom. The van der Waals surface area contributed by atoms with Crippen molar-refractivity contribution in [1.82, 2.24) is 10.2 Å². The summed E-state index contributed by atoms with van der Waals surface area (Å²) in [6.45, 7) is 2.43. The van der Waals surface area contributed by atoms with Crippen molar-refractivity contribution < 1.29 is 9.21 Å². The number of carbonyl (C=O) groups excluding carboxylic acids is 1. The first kappa shape index (κ1) is 13.0. The zero-order valence-electron chi connectivity index (χ0n) is 11.2. The number of rotatable bonds is 3. The van der Waals surface area contributed by atoms with Gasteiger partial charge in [0.25, 0.3) is 0 Å². The summed E-state index contributed by atoms with van der Waals surface area (Å²) < 4.78 is 5.47. The van der Waals surface area contributed by atoms with E-state index in [0.717, 1.165) is 24.4 Å². The SMILES string of the molecule is Cc1ccc(CN(C)C(=O)NC2CCCCC2)o1. The van der Waals surface area contributed by atoms with Crippen molar-refractivity contribution in [2.24, 2.45) is 0 Å².